The molecule has 26 heavy (non-hydrogen) atoms. The Morgan fingerprint density at radius 2 is 1.81 bits per heavy atom. The smallest absolute Gasteiger partial charge is 0.274 e. The van der Waals surface area contributed by atoms with Crippen LogP contribution in [-0.4, -0.2) is 29.1 Å². The van der Waals surface area contributed by atoms with Crippen LogP contribution in [0.15, 0.2) is 54.6 Å². The average Bonchev–Trinajstić information content (AvgIpc) is 2.70. The molecule has 0 aliphatic heterocycles. The molecule has 2 aromatic carbocycles. The van der Waals surface area contributed by atoms with Gasteiger partial charge in [0.05, 0.1) is 7.11 Å². The van der Waals surface area contributed by atoms with E-state index in [9.17, 15) is 9.59 Å². The number of hydroxylamine groups is 1. The summed E-state index contributed by atoms with van der Waals surface area (Å²) < 4.78 is 5.29. The third kappa shape index (κ3) is 3.62. The predicted molar refractivity (Wildman–Crippen MR) is 95.2 cm³/mol. The van der Waals surface area contributed by atoms with Crippen molar-refractivity contribution in [3.63, 3.8) is 0 Å². The van der Waals surface area contributed by atoms with Gasteiger partial charge >= 0.3 is 0 Å². The fourth-order valence-corrected chi connectivity index (χ4v) is 2.52. The van der Waals surface area contributed by atoms with Gasteiger partial charge in [-0.2, -0.15) is 0 Å². The molecule has 0 saturated heterocycles. The number of methoxy groups -OCH3 is 1. The number of nitrogens with zero attached hydrogens (tertiary/aromatic N) is 1. The number of hydrogen-bond acceptors (Lipinski definition) is 5. The van der Waals surface area contributed by atoms with Gasteiger partial charge in [-0.3, -0.25) is 14.8 Å². The van der Waals surface area contributed by atoms with Crippen LogP contribution < -0.4 is 15.5 Å². The van der Waals surface area contributed by atoms with E-state index < -0.39 is 5.91 Å². The van der Waals surface area contributed by atoms with Crippen molar-refractivity contribution >= 4 is 22.7 Å². The summed E-state index contributed by atoms with van der Waals surface area (Å²) in [6.45, 7) is 0.283. The number of rotatable bonds is 5. The fraction of sp³-hybridized carbons (Fsp3) is 0.105. The van der Waals surface area contributed by atoms with Crippen molar-refractivity contribution in [3.8, 4) is 5.75 Å². The Kier molecular flexibility index (Phi) is 5.09. The third-order valence-electron chi connectivity index (χ3n) is 3.91. The third-order valence-corrected chi connectivity index (χ3v) is 3.91. The number of benzene rings is 2. The van der Waals surface area contributed by atoms with Gasteiger partial charge in [-0.05, 0) is 29.8 Å². The van der Waals surface area contributed by atoms with Crippen LogP contribution in [0.2, 0.25) is 0 Å². The van der Waals surface area contributed by atoms with Crippen LogP contribution in [-0.2, 0) is 6.54 Å². The molecule has 0 bridgehead atoms. The summed E-state index contributed by atoms with van der Waals surface area (Å²) in [5, 5.41) is 12.3. The fourth-order valence-electron chi connectivity index (χ4n) is 2.52. The second-order valence-corrected chi connectivity index (χ2v) is 5.55. The summed E-state index contributed by atoms with van der Waals surface area (Å²) in [6.07, 6.45) is 0. The molecule has 132 valence electrons. The number of nitrogens with one attached hydrogen (secondary N) is 2. The molecule has 0 aliphatic carbocycles. The van der Waals surface area contributed by atoms with Crippen LogP contribution in [0.25, 0.3) is 10.9 Å². The standard InChI is InChI=1S/C19H17N3O4/c1-26-16-4-2-3-13-9-10-15(21-17(13)16)19(24)20-11-12-5-7-14(8-6-12)18(23)22-25/h2-10,25H,11H2,1H3,(H,20,24)(H,22,23). The normalized spacial score (nSPS) is 10.4. The van der Waals surface area contributed by atoms with E-state index in [1.54, 1.807) is 49.0 Å². The minimum absolute atomic E-state index is 0.283. The number of amides is 2. The van der Waals surface area contributed by atoms with Crippen molar-refractivity contribution in [3.05, 3.63) is 71.4 Å². The summed E-state index contributed by atoms with van der Waals surface area (Å²) >= 11 is 0. The van der Waals surface area contributed by atoms with Gasteiger partial charge in [0.1, 0.15) is 17.0 Å². The Hall–Kier alpha value is -3.45. The van der Waals surface area contributed by atoms with E-state index in [0.29, 0.717) is 22.5 Å². The zero-order valence-electron chi connectivity index (χ0n) is 14.0. The first-order valence-electron chi connectivity index (χ1n) is 7.87. The van der Waals surface area contributed by atoms with Gasteiger partial charge in [0.25, 0.3) is 11.8 Å². The van der Waals surface area contributed by atoms with Crippen molar-refractivity contribution in [2.75, 3.05) is 7.11 Å². The molecule has 1 aromatic heterocycles. The number of carbonyl (C=O) groups is 2. The van der Waals surface area contributed by atoms with E-state index in [4.69, 9.17) is 9.94 Å². The molecule has 3 rings (SSSR count). The highest BCUT2D eigenvalue weighted by Gasteiger charge is 2.11. The van der Waals surface area contributed by atoms with Gasteiger partial charge in [0.15, 0.2) is 0 Å². The highest BCUT2D eigenvalue weighted by molar-refractivity contribution is 5.96. The van der Waals surface area contributed by atoms with E-state index in [1.807, 2.05) is 18.2 Å². The highest BCUT2D eigenvalue weighted by Crippen LogP contribution is 2.23. The van der Waals surface area contributed by atoms with E-state index >= 15 is 0 Å². The maximum Gasteiger partial charge on any atom is 0.274 e. The number of carbonyl (C=O) groups excluding carboxylic acids is 2. The van der Waals surface area contributed by atoms with Crippen molar-refractivity contribution in [1.29, 1.82) is 0 Å². The molecule has 0 spiro atoms. The molecule has 7 nitrogen and oxygen atoms in total. The molecule has 3 N–H and O–H groups in total. The van der Waals surface area contributed by atoms with Gasteiger partial charge in [0.2, 0.25) is 0 Å². The lowest BCUT2D eigenvalue weighted by atomic mass is 10.1. The lowest BCUT2D eigenvalue weighted by Crippen LogP contribution is -2.24. The molecule has 0 fully saturated rings. The molecule has 0 atom stereocenters. The summed E-state index contributed by atoms with van der Waals surface area (Å²) in [5.41, 5.74) is 3.62. The number of aromatic nitrogens is 1. The van der Waals surface area contributed by atoms with E-state index in [0.717, 1.165) is 10.9 Å². The Morgan fingerprint density at radius 3 is 2.50 bits per heavy atom. The molecule has 0 unspecified atom stereocenters. The zero-order chi connectivity index (χ0) is 18.5. The first kappa shape index (κ1) is 17.4. The van der Waals surface area contributed by atoms with E-state index in [1.165, 1.54) is 0 Å². The van der Waals surface area contributed by atoms with Crippen molar-refractivity contribution in [2.24, 2.45) is 0 Å². The monoisotopic (exact) mass is 351 g/mol. The molecule has 1 heterocycles. The quantitative estimate of drug-likeness (QED) is 0.484. The van der Waals surface area contributed by atoms with Crippen LogP contribution >= 0.6 is 0 Å². The highest BCUT2D eigenvalue weighted by atomic mass is 16.5. The number of pyridine rings is 1. The molecular weight excluding hydrogens is 334 g/mol. The zero-order valence-corrected chi connectivity index (χ0v) is 14.0. The molecule has 0 saturated carbocycles. The summed E-state index contributed by atoms with van der Waals surface area (Å²) in [6, 6.07) is 15.6. The topological polar surface area (TPSA) is 101 Å². The number of ether oxygens (including phenoxy) is 1. The van der Waals surface area contributed by atoms with Crippen LogP contribution in [0.5, 0.6) is 5.75 Å². The van der Waals surface area contributed by atoms with Crippen molar-refractivity contribution < 1.29 is 19.5 Å². The minimum Gasteiger partial charge on any atom is -0.494 e. The maximum absolute atomic E-state index is 12.4. The Balaban J connectivity index is 1.72. The van der Waals surface area contributed by atoms with Crippen LogP contribution in [0.4, 0.5) is 0 Å². The minimum atomic E-state index is -0.588. The molecule has 0 aliphatic rings. The van der Waals surface area contributed by atoms with Gasteiger partial charge in [0, 0.05) is 17.5 Å². The van der Waals surface area contributed by atoms with E-state index in [-0.39, 0.29) is 12.5 Å². The number of para-hydroxylation sites is 1. The largest absolute Gasteiger partial charge is 0.494 e. The molecule has 0 radical (unpaired) electrons. The van der Waals surface area contributed by atoms with Crippen molar-refractivity contribution in [1.82, 2.24) is 15.8 Å². The molecule has 2 amide bonds. The van der Waals surface area contributed by atoms with Crippen molar-refractivity contribution in [2.45, 2.75) is 6.54 Å². The SMILES string of the molecule is COc1cccc2ccc(C(=O)NCc3ccc(C(=O)NO)cc3)nc12. The summed E-state index contributed by atoms with van der Waals surface area (Å²) in [7, 11) is 1.56. The van der Waals surface area contributed by atoms with Gasteiger partial charge in [-0.15, -0.1) is 0 Å². The summed E-state index contributed by atoms with van der Waals surface area (Å²) in [4.78, 5) is 28.0. The Morgan fingerprint density at radius 1 is 1.04 bits per heavy atom. The Bertz CT molecular complexity index is 955. The first-order chi connectivity index (χ1) is 12.6. The number of hydrogen-bond donors (Lipinski definition) is 3. The Labute approximate surface area is 149 Å². The van der Waals surface area contributed by atoms with Crippen LogP contribution in [0.1, 0.15) is 26.4 Å². The maximum atomic E-state index is 12.4. The van der Waals surface area contributed by atoms with Crippen LogP contribution in [0, 0.1) is 0 Å². The second kappa shape index (κ2) is 7.62. The molecule has 3 aromatic rings. The van der Waals surface area contributed by atoms with Gasteiger partial charge in [-0.25, -0.2) is 10.5 Å². The predicted octanol–water partition coefficient (Wildman–Crippen LogP) is 2.29. The lowest BCUT2D eigenvalue weighted by Gasteiger charge is -2.08. The molecule has 7 heteroatoms. The average molecular weight is 351 g/mol. The molecular formula is C19H17N3O4. The first-order valence-corrected chi connectivity index (χ1v) is 7.87. The number of fused-ring (bicyclic) bond motifs is 1. The van der Waals surface area contributed by atoms with E-state index in [2.05, 4.69) is 10.3 Å². The summed E-state index contributed by atoms with van der Waals surface area (Å²) in [5.74, 6) is -0.292. The van der Waals surface area contributed by atoms with Gasteiger partial charge < -0.3 is 10.1 Å². The second-order valence-electron chi connectivity index (χ2n) is 5.55. The lowest BCUT2D eigenvalue weighted by molar-refractivity contribution is 0.0706. The van der Waals surface area contributed by atoms with Gasteiger partial charge in [-0.1, -0.05) is 30.3 Å². The van der Waals surface area contributed by atoms with Crippen LogP contribution in [0.3, 0.4) is 0 Å².